The molecule has 1 rings (SSSR count). The van der Waals surface area contributed by atoms with Crippen LogP contribution < -0.4 is 5.32 Å². The summed E-state index contributed by atoms with van der Waals surface area (Å²) in [6.45, 7) is 2.46. The summed E-state index contributed by atoms with van der Waals surface area (Å²) in [5.41, 5.74) is 0. The molecule has 0 bridgehead atoms. The minimum atomic E-state index is 0.0285. The summed E-state index contributed by atoms with van der Waals surface area (Å²) in [6, 6.07) is 0.0285. The van der Waals surface area contributed by atoms with E-state index in [2.05, 4.69) is 5.32 Å². The van der Waals surface area contributed by atoms with E-state index in [0.29, 0.717) is 5.92 Å². The smallest absolute Gasteiger partial charge is 0.317 e. The Labute approximate surface area is 79.2 Å². The summed E-state index contributed by atoms with van der Waals surface area (Å²) >= 11 is 0. The maximum atomic E-state index is 11.3. The molecule has 1 fully saturated rings. The molecule has 1 aliphatic heterocycles. The van der Waals surface area contributed by atoms with Crippen molar-refractivity contribution < 1.29 is 9.53 Å². The highest BCUT2D eigenvalue weighted by Gasteiger charge is 2.22. The van der Waals surface area contributed by atoms with Gasteiger partial charge in [0.05, 0.1) is 6.61 Å². The second-order valence-electron chi connectivity index (χ2n) is 3.46. The second kappa shape index (κ2) is 5.07. The van der Waals surface area contributed by atoms with E-state index in [1.165, 1.54) is 6.42 Å². The highest BCUT2D eigenvalue weighted by atomic mass is 16.5. The van der Waals surface area contributed by atoms with Gasteiger partial charge in [0.15, 0.2) is 0 Å². The SMILES string of the molecule is CNC(=O)N1CCCC(COC)C1. The van der Waals surface area contributed by atoms with Crippen molar-refractivity contribution in [3.8, 4) is 0 Å². The van der Waals surface area contributed by atoms with Gasteiger partial charge in [-0.2, -0.15) is 0 Å². The minimum Gasteiger partial charge on any atom is -0.384 e. The molecule has 4 heteroatoms. The molecule has 13 heavy (non-hydrogen) atoms. The Morgan fingerprint density at radius 2 is 2.46 bits per heavy atom. The fraction of sp³-hybridized carbons (Fsp3) is 0.889. The molecule has 1 heterocycles. The van der Waals surface area contributed by atoms with Crippen LogP contribution in [0.2, 0.25) is 0 Å². The zero-order valence-corrected chi connectivity index (χ0v) is 8.38. The summed E-state index contributed by atoms with van der Waals surface area (Å²) in [5.74, 6) is 0.510. The van der Waals surface area contributed by atoms with Crippen molar-refractivity contribution >= 4 is 6.03 Å². The molecule has 0 aromatic heterocycles. The molecule has 1 saturated heterocycles. The standard InChI is InChI=1S/C9H18N2O2/c1-10-9(12)11-5-3-4-8(6-11)7-13-2/h8H,3-7H2,1-2H3,(H,10,12). The minimum absolute atomic E-state index is 0.0285. The topological polar surface area (TPSA) is 41.6 Å². The Hall–Kier alpha value is -0.770. The van der Waals surface area contributed by atoms with Crippen molar-refractivity contribution in [2.75, 3.05) is 33.9 Å². The summed E-state index contributed by atoms with van der Waals surface area (Å²) in [5, 5.41) is 2.64. The number of methoxy groups -OCH3 is 1. The van der Waals surface area contributed by atoms with Crippen molar-refractivity contribution in [1.29, 1.82) is 0 Å². The molecule has 1 aliphatic rings. The molecule has 1 atom stereocenters. The molecule has 0 saturated carbocycles. The molecule has 0 spiro atoms. The molecule has 2 amide bonds. The van der Waals surface area contributed by atoms with E-state index in [4.69, 9.17) is 4.74 Å². The molecular formula is C9H18N2O2. The Morgan fingerprint density at radius 3 is 3.08 bits per heavy atom. The lowest BCUT2D eigenvalue weighted by Gasteiger charge is -2.31. The van der Waals surface area contributed by atoms with Gasteiger partial charge in [-0.3, -0.25) is 0 Å². The number of hydrogen-bond acceptors (Lipinski definition) is 2. The monoisotopic (exact) mass is 186 g/mol. The lowest BCUT2D eigenvalue weighted by molar-refractivity contribution is 0.101. The number of nitrogens with one attached hydrogen (secondary N) is 1. The maximum Gasteiger partial charge on any atom is 0.317 e. The number of carbonyl (C=O) groups is 1. The second-order valence-corrected chi connectivity index (χ2v) is 3.46. The molecule has 0 aromatic carbocycles. The largest absolute Gasteiger partial charge is 0.384 e. The van der Waals surface area contributed by atoms with Crippen molar-refractivity contribution in [2.24, 2.45) is 5.92 Å². The first-order chi connectivity index (χ1) is 6.27. The van der Waals surface area contributed by atoms with Gasteiger partial charge in [-0.25, -0.2) is 4.79 Å². The molecule has 1 N–H and O–H groups in total. The molecular weight excluding hydrogens is 168 g/mol. The third-order valence-electron chi connectivity index (χ3n) is 2.42. The molecule has 0 aromatic rings. The number of rotatable bonds is 2. The van der Waals surface area contributed by atoms with E-state index >= 15 is 0 Å². The lowest BCUT2D eigenvalue weighted by atomic mass is 9.99. The molecule has 4 nitrogen and oxygen atoms in total. The number of nitrogens with zero attached hydrogens (tertiary/aromatic N) is 1. The fourth-order valence-corrected chi connectivity index (χ4v) is 1.78. The van der Waals surface area contributed by atoms with Gasteiger partial charge in [-0.15, -0.1) is 0 Å². The number of hydrogen-bond donors (Lipinski definition) is 1. The van der Waals surface area contributed by atoms with Crippen molar-refractivity contribution in [3.63, 3.8) is 0 Å². The van der Waals surface area contributed by atoms with Crippen LogP contribution in [0.3, 0.4) is 0 Å². The van der Waals surface area contributed by atoms with Crippen LogP contribution in [0.1, 0.15) is 12.8 Å². The highest BCUT2D eigenvalue weighted by molar-refractivity contribution is 5.73. The van der Waals surface area contributed by atoms with E-state index in [1.807, 2.05) is 4.90 Å². The molecule has 0 radical (unpaired) electrons. The van der Waals surface area contributed by atoms with Crippen LogP contribution >= 0.6 is 0 Å². The zero-order chi connectivity index (χ0) is 9.68. The van der Waals surface area contributed by atoms with Crippen molar-refractivity contribution in [3.05, 3.63) is 0 Å². The van der Waals surface area contributed by atoms with Gasteiger partial charge in [0.1, 0.15) is 0 Å². The molecule has 1 unspecified atom stereocenters. The lowest BCUT2D eigenvalue weighted by Crippen LogP contribution is -2.45. The van der Waals surface area contributed by atoms with Gasteiger partial charge in [-0.1, -0.05) is 0 Å². The predicted octanol–water partition coefficient (Wildman–Crippen LogP) is 0.684. The molecule has 76 valence electrons. The number of urea groups is 1. The van der Waals surface area contributed by atoms with E-state index in [0.717, 1.165) is 26.1 Å². The van der Waals surface area contributed by atoms with Crippen LogP contribution in [-0.2, 0) is 4.74 Å². The first-order valence-electron chi connectivity index (χ1n) is 4.73. The van der Waals surface area contributed by atoms with Gasteiger partial charge in [-0.05, 0) is 12.8 Å². The third-order valence-corrected chi connectivity index (χ3v) is 2.42. The number of ether oxygens (including phenoxy) is 1. The number of likely N-dealkylation sites (tertiary alicyclic amines) is 1. The van der Waals surface area contributed by atoms with E-state index in [1.54, 1.807) is 14.2 Å². The number of amides is 2. The quantitative estimate of drug-likeness (QED) is 0.689. The average molecular weight is 186 g/mol. The highest BCUT2D eigenvalue weighted by Crippen LogP contribution is 2.16. The number of piperidine rings is 1. The summed E-state index contributed by atoms with van der Waals surface area (Å²) < 4.78 is 5.08. The van der Waals surface area contributed by atoms with Crippen molar-refractivity contribution in [2.45, 2.75) is 12.8 Å². The first-order valence-corrected chi connectivity index (χ1v) is 4.73. The fourth-order valence-electron chi connectivity index (χ4n) is 1.78. The van der Waals surface area contributed by atoms with E-state index in [-0.39, 0.29) is 6.03 Å². The summed E-state index contributed by atoms with van der Waals surface area (Å²) in [7, 11) is 3.38. The Kier molecular flexibility index (Phi) is 4.02. The van der Waals surface area contributed by atoms with Crippen LogP contribution in [0.5, 0.6) is 0 Å². The Bertz CT molecular complexity index is 171. The van der Waals surface area contributed by atoms with Crippen LogP contribution in [-0.4, -0.2) is 44.8 Å². The third kappa shape index (κ3) is 2.88. The molecule has 0 aliphatic carbocycles. The predicted molar refractivity (Wildman–Crippen MR) is 50.6 cm³/mol. The summed E-state index contributed by atoms with van der Waals surface area (Å²) in [6.07, 6.45) is 2.25. The van der Waals surface area contributed by atoms with Gasteiger partial charge in [0.25, 0.3) is 0 Å². The van der Waals surface area contributed by atoms with Gasteiger partial charge in [0, 0.05) is 33.2 Å². The zero-order valence-electron chi connectivity index (χ0n) is 8.38. The summed E-state index contributed by atoms with van der Waals surface area (Å²) in [4.78, 5) is 13.1. The van der Waals surface area contributed by atoms with Crippen LogP contribution in [0.4, 0.5) is 4.79 Å². The Morgan fingerprint density at radius 1 is 1.69 bits per heavy atom. The van der Waals surface area contributed by atoms with E-state index < -0.39 is 0 Å². The normalized spacial score (nSPS) is 22.9. The maximum absolute atomic E-state index is 11.3. The van der Waals surface area contributed by atoms with Crippen molar-refractivity contribution in [1.82, 2.24) is 10.2 Å². The average Bonchev–Trinajstić information content (AvgIpc) is 2.18. The van der Waals surface area contributed by atoms with Gasteiger partial charge in [0.2, 0.25) is 0 Å². The van der Waals surface area contributed by atoms with Crippen LogP contribution in [0.25, 0.3) is 0 Å². The van der Waals surface area contributed by atoms with Gasteiger partial charge < -0.3 is 15.0 Å². The van der Waals surface area contributed by atoms with Gasteiger partial charge >= 0.3 is 6.03 Å². The van der Waals surface area contributed by atoms with Crippen LogP contribution in [0, 0.1) is 5.92 Å². The number of carbonyl (C=O) groups excluding carboxylic acids is 1. The van der Waals surface area contributed by atoms with Crippen LogP contribution in [0.15, 0.2) is 0 Å². The van der Waals surface area contributed by atoms with E-state index in [9.17, 15) is 4.79 Å². The Balaban J connectivity index is 2.37. The first kappa shape index (κ1) is 10.3.